The number of nitrogens with two attached hydrogens (primary N) is 1. The second-order valence-corrected chi connectivity index (χ2v) is 8.15. The third kappa shape index (κ3) is 6.14. The molecule has 1 aliphatic carbocycles. The maximum Gasteiger partial charge on any atom is 0.341 e. The highest BCUT2D eigenvalue weighted by molar-refractivity contribution is 7.18. The van der Waals surface area contributed by atoms with E-state index in [2.05, 4.69) is 10.6 Å². The molecule has 0 radical (unpaired) electrons. The zero-order valence-electron chi connectivity index (χ0n) is 16.6. The molecule has 6 nitrogen and oxygen atoms in total. The van der Waals surface area contributed by atoms with E-state index in [0.29, 0.717) is 33.6 Å². The number of rotatable bonds is 7. The summed E-state index contributed by atoms with van der Waals surface area (Å²) in [4.78, 5) is 37.1. The van der Waals surface area contributed by atoms with E-state index in [1.807, 2.05) is 0 Å². The average Bonchev–Trinajstić information content (AvgIpc) is 2.90. The minimum absolute atomic E-state index is 0.121. The summed E-state index contributed by atoms with van der Waals surface area (Å²) in [6, 6.07) is 0.485. The molecule has 1 fully saturated rings. The third-order valence-corrected chi connectivity index (χ3v) is 6.29. The summed E-state index contributed by atoms with van der Waals surface area (Å²) in [6.07, 6.45) is 8.62. The van der Waals surface area contributed by atoms with E-state index in [0.717, 1.165) is 24.2 Å². The quantitative estimate of drug-likeness (QED) is 0.548. The number of Topliss-reactive ketones (excluding diaryl/α,β-unsaturated/α-hetero) is 1. The largest absolute Gasteiger partial charge is 0.462 e. The number of thiophene rings is 1. The Bertz CT molecular complexity index is 676. The Morgan fingerprint density at radius 2 is 1.78 bits per heavy atom. The van der Waals surface area contributed by atoms with Crippen molar-refractivity contribution in [1.29, 1.82) is 0 Å². The number of amides is 1. The Kier molecular flexibility index (Phi) is 8.44. The Labute approximate surface area is 165 Å². The fourth-order valence-corrected chi connectivity index (χ4v) is 4.67. The van der Waals surface area contributed by atoms with E-state index in [1.54, 1.807) is 13.8 Å². The van der Waals surface area contributed by atoms with Crippen LogP contribution in [0.25, 0.3) is 0 Å². The molecule has 1 aromatic heterocycles. The first-order chi connectivity index (χ1) is 12.9. The third-order valence-electron chi connectivity index (χ3n) is 4.99. The van der Waals surface area contributed by atoms with Crippen LogP contribution in [-0.4, -0.2) is 36.9 Å². The summed E-state index contributed by atoms with van der Waals surface area (Å²) >= 11 is 1.15. The van der Waals surface area contributed by atoms with Gasteiger partial charge in [-0.2, -0.15) is 0 Å². The van der Waals surface area contributed by atoms with Gasteiger partial charge in [0.05, 0.1) is 23.1 Å². The summed E-state index contributed by atoms with van der Waals surface area (Å²) in [5.41, 5.74) is 0.872. The predicted molar refractivity (Wildman–Crippen MR) is 107 cm³/mol. The lowest BCUT2D eigenvalue weighted by atomic mass is 9.97. The number of hydrogen-bond donors (Lipinski definition) is 2. The molecule has 0 spiro atoms. The highest BCUT2D eigenvalue weighted by atomic mass is 32.1. The number of esters is 1. The number of quaternary nitrogens is 1. The molecule has 7 heteroatoms. The Balaban J connectivity index is 2.04. The molecule has 1 heterocycles. The molecule has 0 bridgehead atoms. The molecule has 0 unspecified atom stereocenters. The van der Waals surface area contributed by atoms with Gasteiger partial charge < -0.3 is 15.4 Å². The highest BCUT2D eigenvalue weighted by Gasteiger charge is 2.25. The number of nitrogens with one attached hydrogen (secondary N) is 1. The van der Waals surface area contributed by atoms with E-state index in [-0.39, 0.29) is 18.3 Å². The lowest BCUT2D eigenvalue weighted by Gasteiger charge is -2.18. The van der Waals surface area contributed by atoms with Crippen LogP contribution in [0.15, 0.2) is 0 Å². The van der Waals surface area contributed by atoms with E-state index in [9.17, 15) is 14.4 Å². The van der Waals surface area contributed by atoms with E-state index >= 15 is 0 Å². The minimum Gasteiger partial charge on any atom is -0.462 e. The summed E-state index contributed by atoms with van der Waals surface area (Å²) in [5.74, 6) is -0.776. The molecule has 0 saturated heterocycles. The topological polar surface area (TPSA) is 89.1 Å². The van der Waals surface area contributed by atoms with Gasteiger partial charge in [-0.15, -0.1) is 11.3 Å². The maximum atomic E-state index is 12.5. The number of carbonyl (C=O) groups excluding carboxylic acids is 3. The number of ether oxygens (including phenoxy) is 1. The fourth-order valence-electron chi connectivity index (χ4n) is 3.56. The number of hydrogen-bond acceptors (Lipinski definition) is 5. The van der Waals surface area contributed by atoms with Crippen molar-refractivity contribution >= 4 is 34.0 Å². The molecule has 1 amide bonds. The molecule has 27 heavy (non-hydrogen) atoms. The van der Waals surface area contributed by atoms with Crippen LogP contribution in [0.1, 0.15) is 84.4 Å². The highest BCUT2D eigenvalue weighted by Crippen LogP contribution is 2.34. The molecule has 3 N–H and O–H groups in total. The smallest absolute Gasteiger partial charge is 0.341 e. The zero-order valence-corrected chi connectivity index (χ0v) is 17.4. The van der Waals surface area contributed by atoms with Crippen LogP contribution in [0.2, 0.25) is 0 Å². The van der Waals surface area contributed by atoms with Gasteiger partial charge in [-0.25, -0.2) is 4.79 Å². The summed E-state index contributed by atoms with van der Waals surface area (Å²) in [5, 5.41) is 5.35. The molecule has 0 aromatic carbocycles. The van der Waals surface area contributed by atoms with Crippen molar-refractivity contribution < 1.29 is 24.4 Å². The summed E-state index contributed by atoms with van der Waals surface area (Å²) in [7, 11) is 0. The molecular weight excluding hydrogens is 364 g/mol. The molecule has 1 aliphatic rings. The van der Waals surface area contributed by atoms with Crippen molar-refractivity contribution in [2.24, 2.45) is 0 Å². The molecule has 150 valence electrons. The van der Waals surface area contributed by atoms with Crippen molar-refractivity contribution in [3.8, 4) is 0 Å². The van der Waals surface area contributed by atoms with Gasteiger partial charge in [0.15, 0.2) is 12.3 Å². The van der Waals surface area contributed by atoms with E-state index in [4.69, 9.17) is 4.74 Å². The average molecular weight is 396 g/mol. The first kappa shape index (κ1) is 21.6. The Morgan fingerprint density at radius 3 is 2.37 bits per heavy atom. The second kappa shape index (κ2) is 10.6. The first-order valence-corrected chi connectivity index (χ1v) is 10.7. The van der Waals surface area contributed by atoms with Gasteiger partial charge in [0.1, 0.15) is 5.00 Å². The van der Waals surface area contributed by atoms with Crippen LogP contribution < -0.4 is 10.6 Å². The normalized spacial score (nSPS) is 15.7. The van der Waals surface area contributed by atoms with Gasteiger partial charge in [0.25, 0.3) is 5.91 Å². The monoisotopic (exact) mass is 395 g/mol. The van der Waals surface area contributed by atoms with Crippen molar-refractivity contribution in [3.05, 3.63) is 16.0 Å². The molecule has 0 atom stereocenters. The van der Waals surface area contributed by atoms with Crippen molar-refractivity contribution in [1.82, 2.24) is 0 Å². The van der Waals surface area contributed by atoms with Gasteiger partial charge in [-0.05, 0) is 52.0 Å². The number of anilines is 1. The van der Waals surface area contributed by atoms with Crippen LogP contribution in [0.5, 0.6) is 0 Å². The van der Waals surface area contributed by atoms with Crippen LogP contribution in [0.4, 0.5) is 5.00 Å². The van der Waals surface area contributed by atoms with Crippen molar-refractivity contribution in [2.75, 3.05) is 18.5 Å². The predicted octanol–water partition coefficient (Wildman–Crippen LogP) is 3.05. The molecule has 1 saturated carbocycles. The summed E-state index contributed by atoms with van der Waals surface area (Å²) < 4.78 is 5.10. The van der Waals surface area contributed by atoms with Gasteiger partial charge in [-0.1, -0.05) is 19.3 Å². The lowest BCUT2D eigenvalue weighted by Crippen LogP contribution is -2.91. The zero-order chi connectivity index (χ0) is 19.8. The second-order valence-electron chi connectivity index (χ2n) is 7.13. The van der Waals surface area contributed by atoms with Gasteiger partial charge >= 0.3 is 5.97 Å². The SMILES string of the molecule is CCOC(=O)c1c(NC(=O)C[NH2+]C2CCCCCCC2)sc(C(C)=O)c1C. The van der Waals surface area contributed by atoms with Crippen LogP contribution in [0.3, 0.4) is 0 Å². The van der Waals surface area contributed by atoms with E-state index < -0.39 is 5.97 Å². The molecule has 0 aliphatic heterocycles. The van der Waals surface area contributed by atoms with Crippen molar-refractivity contribution in [2.45, 2.75) is 71.8 Å². The number of ketones is 1. The van der Waals surface area contributed by atoms with Gasteiger partial charge in [-0.3, -0.25) is 9.59 Å². The maximum absolute atomic E-state index is 12.5. The lowest BCUT2D eigenvalue weighted by molar-refractivity contribution is -0.680. The summed E-state index contributed by atoms with van der Waals surface area (Å²) in [6.45, 7) is 5.47. The van der Waals surface area contributed by atoms with Crippen LogP contribution in [0, 0.1) is 6.92 Å². The Morgan fingerprint density at radius 1 is 1.15 bits per heavy atom. The van der Waals surface area contributed by atoms with Crippen molar-refractivity contribution in [3.63, 3.8) is 0 Å². The molecule has 2 rings (SSSR count). The van der Waals surface area contributed by atoms with Gasteiger partial charge in [0.2, 0.25) is 0 Å². The molecule has 1 aromatic rings. The first-order valence-electron chi connectivity index (χ1n) is 9.88. The van der Waals surface area contributed by atoms with Gasteiger partial charge in [0, 0.05) is 0 Å². The van der Waals surface area contributed by atoms with Crippen LogP contribution in [-0.2, 0) is 9.53 Å². The minimum atomic E-state index is -0.502. The fraction of sp³-hybridized carbons (Fsp3) is 0.650. The molecular formula is C20H31N2O4S+. The standard InChI is InChI=1S/C20H30N2O4S/c1-4-26-20(25)17-13(2)18(14(3)23)27-19(17)22-16(24)12-21-15-10-8-6-5-7-9-11-15/h15,21H,4-12H2,1-3H3,(H,22,24)/p+1. The number of carbonyl (C=O) groups is 3. The Hall–Kier alpha value is -1.73. The van der Waals surface area contributed by atoms with Crippen LogP contribution >= 0.6 is 11.3 Å². The van der Waals surface area contributed by atoms with E-state index in [1.165, 1.54) is 39.0 Å².